The zero-order valence-corrected chi connectivity index (χ0v) is 19.9. The van der Waals surface area contributed by atoms with Crippen molar-refractivity contribution in [2.24, 2.45) is 0 Å². The van der Waals surface area contributed by atoms with Crippen LogP contribution < -0.4 is 15.0 Å². The number of fused-ring (bicyclic) bond motifs is 2. The molecule has 1 N–H and O–H groups in total. The quantitative estimate of drug-likeness (QED) is 0.441. The highest BCUT2D eigenvalue weighted by Crippen LogP contribution is 2.39. The summed E-state index contributed by atoms with van der Waals surface area (Å²) in [6.07, 6.45) is 8.10. The van der Waals surface area contributed by atoms with Crippen molar-refractivity contribution in [2.75, 3.05) is 29.1 Å². The molecule has 0 atom stereocenters. The van der Waals surface area contributed by atoms with Gasteiger partial charge in [0.2, 0.25) is 5.95 Å². The van der Waals surface area contributed by atoms with Gasteiger partial charge in [0.25, 0.3) is 0 Å². The Kier molecular flexibility index (Phi) is 5.72. The van der Waals surface area contributed by atoms with Gasteiger partial charge in [-0.2, -0.15) is 4.98 Å². The molecular formula is C24H22ClN7OS. The molecule has 8 nitrogen and oxygen atoms in total. The highest BCUT2D eigenvalue weighted by atomic mass is 35.5. The smallest absolute Gasteiger partial charge is 0.225 e. The van der Waals surface area contributed by atoms with Crippen LogP contribution in [0.3, 0.4) is 0 Å². The fourth-order valence-corrected chi connectivity index (χ4v) is 5.56. The van der Waals surface area contributed by atoms with E-state index in [0.29, 0.717) is 30.7 Å². The van der Waals surface area contributed by atoms with Crippen LogP contribution in [0.5, 0.6) is 5.75 Å². The minimum atomic E-state index is 0.550. The number of aryl methyl sites for hydroxylation is 1. The van der Waals surface area contributed by atoms with Crippen LogP contribution in [-0.4, -0.2) is 43.4 Å². The minimum Gasteiger partial charge on any atom is -0.491 e. The molecule has 2 aliphatic rings. The van der Waals surface area contributed by atoms with E-state index in [-0.39, 0.29) is 0 Å². The first-order valence-corrected chi connectivity index (χ1v) is 12.5. The van der Waals surface area contributed by atoms with Gasteiger partial charge in [0.15, 0.2) is 0 Å². The maximum atomic E-state index is 6.27. The van der Waals surface area contributed by atoms with E-state index < -0.39 is 0 Å². The van der Waals surface area contributed by atoms with Crippen LogP contribution in [0.2, 0.25) is 5.02 Å². The van der Waals surface area contributed by atoms with Crippen molar-refractivity contribution in [1.29, 1.82) is 0 Å². The normalized spacial score (nSPS) is 14.8. The summed E-state index contributed by atoms with van der Waals surface area (Å²) in [6.45, 7) is 2.56. The van der Waals surface area contributed by atoms with E-state index in [0.717, 1.165) is 57.8 Å². The van der Waals surface area contributed by atoms with Crippen LogP contribution >= 0.6 is 23.4 Å². The molecule has 0 spiro atoms. The van der Waals surface area contributed by atoms with Crippen LogP contribution in [-0.2, 0) is 19.5 Å². The van der Waals surface area contributed by atoms with Crippen molar-refractivity contribution in [2.45, 2.75) is 24.4 Å². The highest BCUT2D eigenvalue weighted by Gasteiger charge is 2.26. The molecule has 0 unspecified atom stereocenters. The molecule has 6 rings (SSSR count). The van der Waals surface area contributed by atoms with E-state index in [2.05, 4.69) is 20.2 Å². The average molecular weight is 492 g/mol. The lowest BCUT2D eigenvalue weighted by molar-refractivity contribution is 0.331. The number of hydrogen-bond acceptors (Lipinski definition) is 8. The number of nitrogens with zero attached hydrogens (tertiary/aromatic N) is 6. The third-order valence-corrected chi connectivity index (χ3v) is 7.21. The molecular weight excluding hydrogens is 470 g/mol. The lowest BCUT2D eigenvalue weighted by Gasteiger charge is -2.24. The van der Waals surface area contributed by atoms with Gasteiger partial charge in [-0.25, -0.2) is 15.0 Å². The van der Waals surface area contributed by atoms with Crippen molar-refractivity contribution in [1.82, 2.24) is 24.5 Å². The summed E-state index contributed by atoms with van der Waals surface area (Å²) in [5.41, 5.74) is 3.19. The van der Waals surface area contributed by atoms with Gasteiger partial charge >= 0.3 is 0 Å². The number of ether oxygens (including phenoxy) is 1. The number of aromatic nitrogens is 5. The van der Waals surface area contributed by atoms with E-state index >= 15 is 0 Å². The summed E-state index contributed by atoms with van der Waals surface area (Å²) in [5.74, 6) is 4.30. The summed E-state index contributed by atoms with van der Waals surface area (Å²) in [7, 11) is 0. The van der Waals surface area contributed by atoms with E-state index in [1.54, 1.807) is 18.7 Å². The fourth-order valence-electron chi connectivity index (χ4n) is 4.25. The van der Waals surface area contributed by atoms with Crippen molar-refractivity contribution in [3.63, 3.8) is 0 Å². The number of anilines is 2. The standard InChI is InChI=1S/C24H22ClN7OS/c25-18-3-4-20-17(12-18)14-31(9-10-33-20)23-21-19(5-11-34-21)29-24(30-23)28-13-16-2-1-6-27-22(16)32-8-7-26-15-32/h1-4,6-8,12,15H,5,9-11,13-14H2,(H,28,29,30). The molecule has 1 aromatic carbocycles. The zero-order valence-electron chi connectivity index (χ0n) is 18.3. The lowest BCUT2D eigenvalue weighted by atomic mass is 10.2. The van der Waals surface area contributed by atoms with Crippen LogP contribution in [0.4, 0.5) is 11.8 Å². The maximum absolute atomic E-state index is 6.27. The minimum absolute atomic E-state index is 0.550. The van der Waals surface area contributed by atoms with Gasteiger partial charge in [-0.05, 0) is 24.3 Å². The Morgan fingerprint density at radius 1 is 1.15 bits per heavy atom. The molecule has 0 saturated carbocycles. The summed E-state index contributed by atoms with van der Waals surface area (Å²) in [5, 5.41) is 4.14. The molecule has 2 aliphatic heterocycles. The van der Waals surface area contributed by atoms with Gasteiger partial charge in [0.1, 0.15) is 30.3 Å². The van der Waals surface area contributed by atoms with Crippen molar-refractivity contribution < 1.29 is 4.74 Å². The van der Waals surface area contributed by atoms with Crippen LogP contribution in [0.15, 0.2) is 60.1 Å². The molecule has 4 aromatic rings. The van der Waals surface area contributed by atoms with E-state index in [4.69, 9.17) is 26.3 Å². The third-order valence-electron chi connectivity index (χ3n) is 5.86. The predicted molar refractivity (Wildman–Crippen MR) is 133 cm³/mol. The molecule has 0 aliphatic carbocycles. The molecule has 0 radical (unpaired) electrons. The Bertz CT molecular complexity index is 1330. The van der Waals surface area contributed by atoms with E-state index in [1.165, 1.54) is 0 Å². The number of hydrogen-bond donors (Lipinski definition) is 1. The van der Waals surface area contributed by atoms with Gasteiger partial charge in [0, 0.05) is 60.0 Å². The molecule has 0 saturated heterocycles. The Labute approximate surface area is 206 Å². The van der Waals surface area contributed by atoms with Gasteiger partial charge in [-0.15, -0.1) is 11.8 Å². The van der Waals surface area contributed by atoms with Crippen LogP contribution in [0.1, 0.15) is 16.8 Å². The Balaban J connectivity index is 1.30. The van der Waals surface area contributed by atoms with Gasteiger partial charge in [0.05, 0.1) is 17.1 Å². The number of halogens is 1. The monoisotopic (exact) mass is 491 g/mol. The van der Waals surface area contributed by atoms with Crippen LogP contribution in [0, 0.1) is 0 Å². The van der Waals surface area contributed by atoms with Crippen molar-refractivity contribution >= 4 is 35.1 Å². The van der Waals surface area contributed by atoms with Gasteiger partial charge in [-0.1, -0.05) is 17.7 Å². The number of pyridine rings is 1. The first kappa shape index (κ1) is 21.2. The molecule has 0 amide bonds. The number of nitrogens with one attached hydrogen (secondary N) is 1. The molecule has 0 fully saturated rings. The third kappa shape index (κ3) is 4.17. The summed E-state index contributed by atoms with van der Waals surface area (Å²) >= 11 is 8.09. The predicted octanol–water partition coefficient (Wildman–Crippen LogP) is 4.37. The maximum Gasteiger partial charge on any atom is 0.225 e. The second kappa shape index (κ2) is 9.15. The fraction of sp³-hybridized carbons (Fsp3) is 0.250. The molecule has 3 aromatic heterocycles. The number of rotatable bonds is 5. The molecule has 10 heteroatoms. The zero-order chi connectivity index (χ0) is 22.9. The Morgan fingerprint density at radius 2 is 2.12 bits per heavy atom. The van der Waals surface area contributed by atoms with Gasteiger partial charge < -0.3 is 15.0 Å². The summed E-state index contributed by atoms with van der Waals surface area (Å²) < 4.78 is 7.88. The second-order valence-electron chi connectivity index (χ2n) is 8.08. The summed E-state index contributed by atoms with van der Waals surface area (Å²) in [6, 6.07) is 9.77. The molecule has 34 heavy (non-hydrogen) atoms. The number of thioether (sulfide) groups is 1. The van der Waals surface area contributed by atoms with Crippen molar-refractivity contribution in [3.05, 3.63) is 77.1 Å². The van der Waals surface area contributed by atoms with E-state index in [9.17, 15) is 0 Å². The first-order valence-electron chi connectivity index (χ1n) is 11.1. The molecule has 172 valence electrons. The Morgan fingerprint density at radius 3 is 3.03 bits per heavy atom. The second-order valence-corrected chi connectivity index (χ2v) is 9.62. The van der Waals surface area contributed by atoms with Crippen LogP contribution in [0.25, 0.3) is 5.82 Å². The molecule has 5 heterocycles. The van der Waals surface area contributed by atoms with E-state index in [1.807, 2.05) is 52.9 Å². The molecule has 0 bridgehead atoms. The first-order chi connectivity index (χ1) is 16.7. The number of imidazole rings is 1. The SMILES string of the molecule is Clc1ccc2c(c1)CN(c1nc(NCc3cccnc3-n3ccnc3)nc3c1SCC3)CCO2. The van der Waals surface area contributed by atoms with Crippen molar-refractivity contribution in [3.8, 4) is 11.6 Å². The topological polar surface area (TPSA) is 81.0 Å². The largest absolute Gasteiger partial charge is 0.491 e. The highest BCUT2D eigenvalue weighted by molar-refractivity contribution is 7.99. The average Bonchev–Trinajstić information content (AvgIpc) is 3.51. The lowest BCUT2D eigenvalue weighted by Crippen LogP contribution is -2.27. The van der Waals surface area contributed by atoms with Gasteiger partial charge in [-0.3, -0.25) is 4.57 Å². The number of benzene rings is 1. The Hall–Kier alpha value is -3.30. The summed E-state index contributed by atoms with van der Waals surface area (Å²) in [4.78, 5) is 21.9.